The van der Waals surface area contributed by atoms with E-state index in [-0.39, 0.29) is 30.0 Å². The minimum Gasteiger partial charge on any atom is -0.489 e. The van der Waals surface area contributed by atoms with Gasteiger partial charge in [0.1, 0.15) is 12.4 Å². The largest absolute Gasteiger partial charge is 0.489 e. The Morgan fingerprint density at radius 1 is 1.00 bits per heavy atom. The molecule has 9 heteroatoms. The van der Waals surface area contributed by atoms with E-state index in [1.165, 1.54) is 17.0 Å². The number of rotatable bonds is 7. The molecule has 7 nitrogen and oxygen atoms in total. The highest BCUT2D eigenvalue weighted by Crippen LogP contribution is 2.34. The van der Waals surface area contributed by atoms with Crippen LogP contribution >= 0.6 is 23.4 Å². The first kappa shape index (κ1) is 22.6. The highest BCUT2D eigenvalue weighted by Gasteiger charge is 2.34. The van der Waals surface area contributed by atoms with Gasteiger partial charge in [0.15, 0.2) is 0 Å². The van der Waals surface area contributed by atoms with Crippen LogP contribution in [-0.4, -0.2) is 21.0 Å². The number of nitrogens with zero attached hydrogens (tertiary/aromatic N) is 2. The summed E-state index contributed by atoms with van der Waals surface area (Å²) in [6.45, 7) is 0.413. The summed E-state index contributed by atoms with van der Waals surface area (Å²) >= 11 is 6.79. The Kier molecular flexibility index (Phi) is 6.76. The van der Waals surface area contributed by atoms with Crippen LogP contribution in [0.1, 0.15) is 16.7 Å². The Labute approximate surface area is 198 Å². The maximum absolute atomic E-state index is 12.8. The van der Waals surface area contributed by atoms with E-state index in [4.69, 9.17) is 16.3 Å². The van der Waals surface area contributed by atoms with E-state index >= 15 is 0 Å². The van der Waals surface area contributed by atoms with Crippen LogP contribution in [0.3, 0.4) is 0 Å². The average molecular weight is 481 g/mol. The Bertz CT molecular complexity index is 1240. The van der Waals surface area contributed by atoms with Gasteiger partial charge in [0.05, 0.1) is 16.4 Å². The zero-order valence-corrected chi connectivity index (χ0v) is 18.7. The summed E-state index contributed by atoms with van der Waals surface area (Å²) in [6.07, 6.45) is 1.66. The fourth-order valence-corrected chi connectivity index (χ4v) is 4.10. The molecule has 0 bridgehead atoms. The van der Waals surface area contributed by atoms with Crippen LogP contribution in [0, 0.1) is 10.1 Å². The maximum atomic E-state index is 12.8. The van der Waals surface area contributed by atoms with Crippen molar-refractivity contribution in [3.63, 3.8) is 0 Å². The van der Waals surface area contributed by atoms with Gasteiger partial charge in [-0.2, -0.15) is 0 Å². The topological polar surface area (TPSA) is 89.7 Å². The number of nitro benzene ring substituents is 1. The van der Waals surface area contributed by atoms with Crippen LogP contribution in [0.25, 0.3) is 6.08 Å². The molecule has 0 atom stereocenters. The average Bonchev–Trinajstić information content (AvgIpc) is 3.07. The molecule has 0 aliphatic carbocycles. The van der Waals surface area contributed by atoms with E-state index in [0.29, 0.717) is 21.2 Å². The summed E-state index contributed by atoms with van der Waals surface area (Å²) in [6, 6.07) is 20.3. The van der Waals surface area contributed by atoms with Gasteiger partial charge in [0, 0.05) is 17.2 Å². The number of nitro groups is 1. The Morgan fingerprint density at radius 3 is 2.39 bits per heavy atom. The molecule has 33 heavy (non-hydrogen) atoms. The van der Waals surface area contributed by atoms with Gasteiger partial charge in [-0.05, 0) is 70.9 Å². The van der Waals surface area contributed by atoms with Crippen molar-refractivity contribution in [3.8, 4) is 5.75 Å². The number of thioether (sulfide) groups is 1. The number of amides is 2. The molecule has 1 heterocycles. The number of non-ortho nitro benzene ring substituents is 1. The number of hydrogen-bond donors (Lipinski definition) is 0. The minimum atomic E-state index is -0.453. The zero-order valence-electron chi connectivity index (χ0n) is 17.1. The Balaban J connectivity index is 1.43. The van der Waals surface area contributed by atoms with Gasteiger partial charge in [-0.25, -0.2) is 0 Å². The number of benzene rings is 3. The Hall–Kier alpha value is -3.62. The number of imide groups is 1. The lowest BCUT2D eigenvalue weighted by Gasteiger charge is -2.12. The highest BCUT2D eigenvalue weighted by molar-refractivity contribution is 8.18. The molecule has 0 unspecified atom stereocenters. The summed E-state index contributed by atoms with van der Waals surface area (Å²) in [5.41, 5.74) is 2.33. The lowest BCUT2D eigenvalue weighted by molar-refractivity contribution is -0.384. The lowest BCUT2D eigenvalue weighted by Crippen LogP contribution is -2.27. The molecule has 0 aromatic heterocycles. The smallest absolute Gasteiger partial charge is 0.293 e. The molecule has 1 aliphatic heterocycles. The number of hydrogen-bond acceptors (Lipinski definition) is 6. The highest BCUT2D eigenvalue weighted by atomic mass is 35.5. The van der Waals surface area contributed by atoms with E-state index in [1.807, 2.05) is 6.07 Å². The van der Waals surface area contributed by atoms with Gasteiger partial charge in [-0.3, -0.25) is 24.6 Å². The van der Waals surface area contributed by atoms with Crippen molar-refractivity contribution in [2.24, 2.45) is 0 Å². The molecule has 4 rings (SSSR count). The summed E-state index contributed by atoms with van der Waals surface area (Å²) in [4.78, 5) is 37.0. The zero-order chi connectivity index (χ0) is 23.4. The molecule has 3 aromatic carbocycles. The molecule has 1 aliphatic rings. The minimum absolute atomic E-state index is 0.0192. The van der Waals surface area contributed by atoms with Crippen molar-refractivity contribution in [2.75, 3.05) is 0 Å². The third-order valence-electron chi connectivity index (χ3n) is 4.84. The fraction of sp³-hybridized carbons (Fsp3) is 0.0833. The molecule has 166 valence electrons. The molecular weight excluding hydrogens is 464 g/mol. The van der Waals surface area contributed by atoms with Gasteiger partial charge in [0.2, 0.25) is 0 Å². The van der Waals surface area contributed by atoms with Crippen molar-refractivity contribution >= 4 is 46.3 Å². The first-order valence-electron chi connectivity index (χ1n) is 9.85. The number of halogens is 1. The lowest BCUT2D eigenvalue weighted by atomic mass is 10.2. The van der Waals surface area contributed by atoms with Crippen molar-refractivity contribution in [1.29, 1.82) is 0 Å². The maximum Gasteiger partial charge on any atom is 0.293 e. The van der Waals surface area contributed by atoms with Gasteiger partial charge < -0.3 is 4.74 Å². The number of ether oxygens (including phenoxy) is 1. The third kappa shape index (κ3) is 5.60. The summed E-state index contributed by atoms with van der Waals surface area (Å²) in [5.74, 6) is 0.222. The first-order valence-corrected chi connectivity index (χ1v) is 11.0. The summed E-state index contributed by atoms with van der Waals surface area (Å²) in [7, 11) is 0. The van der Waals surface area contributed by atoms with Crippen LogP contribution < -0.4 is 4.74 Å². The summed E-state index contributed by atoms with van der Waals surface area (Å²) < 4.78 is 5.78. The monoisotopic (exact) mass is 480 g/mol. The molecular formula is C24H17ClN2O5S. The number of carbonyl (C=O) groups excluding carboxylic acids is 2. The van der Waals surface area contributed by atoms with E-state index in [9.17, 15) is 19.7 Å². The van der Waals surface area contributed by atoms with Crippen molar-refractivity contribution in [1.82, 2.24) is 4.90 Å². The van der Waals surface area contributed by atoms with Crippen molar-refractivity contribution in [3.05, 3.63) is 110 Å². The molecule has 0 radical (unpaired) electrons. The standard InChI is InChI=1S/C24H17ClN2O5S/c25-19-8-4-16(5-9-19)14-26-23(28)22(33-24(26)29)13-18-2-1-3-21(12-18)32-15-17-6-10-20(11-7-17)27(30)31/h1-13H,14-15H2/b22-13-. The second-order valence-electron chi connectivity index (χ2n) is 7.18. The van der Waals surface area contributed by atoms with Crippen molar-refractivity contribution < 1.29 is 19.2 Å². The van der Waals surface area contributed by atoms with E-state index < -0.39 is 4.92 Å². The van der Waals surface area contributed by atoms with E-state index in [0.717, 1.165) is 22.9 Å². The second-order valence-corrected chi connectivity index (χ2v) is 8.61. The first-order chi connectivity index (χ1) is 15.9. The molecule has 0 saturated carbocycles. The van der Waals surface area contributed by atoms with Crippen LogP contribution in [0.4, 0.5) is 10.5 Å². The fourth-order valence-electron chi connectivity index (χ4n) is 3.13. The molecule has 0 spiro atoms. The molecule has 3 aromatic rings. The van der Waals surface area contributed by atoms with Crippen LogP contribution in [0.2, 0.25) is 5.02 Å². The van der Waals surface area contributed by atoms with Gasteiger partial charge in [-0.15, -0.1) is 0 Å². The second kappa shape index (κ2) is 9.89. The molecule has 0 N–H and O–H groups in total. The van der Waals surface area contributed by atoms with Gasteiger partial charge in [-0.1, -0.05) is 35.9 Å². The number of carbonyl (C=O) groups is 2. The molecule has 1 saturated heterocycles. The molecule has 2 amide bonds. The van der Waals surface area contributed by atoms with Crippen LogP contribution in [0.5, 0.6) is 5.75 Å². The molecule has 1 fully saturated rings. The predicted octanol–water partition coefficient (Wildman–Crippen LogP) is 6.06. The quantitative estimate of drug-likeness (QED) is 0.232. The Morgan fingerprint density at radius 2 is 1.70 bits per heavy atom. The van der Waals surface area contributed by atoms with Crippen LogP contribution in [-0.2, 0) is 17.9 Å². The van der Waals surface area contributed by atoms with Crippen molar-refractivity contribution in [2.45, 2.75) is 13.2 Å². The third-order valence-corrected chi connectivity index (χ3v) is 6.00. The SMILES string of the molecule is O=C1S/C(=C\c2cccc(OCc3ccc([N+](=O)[O-])cc3)c2)C(=O)N1Cc1ccc(Cl)cc1. The summed E-state index contributed by atoms with van der Waals surface area (Å²) in [5, 5.41) is 11.0. The normalized spacial score (nSPS) is 14.7. The predicted molar refractivity (Wildman–Crippen MR) is 127 cm³/mol. The van der Waals surface area contributed by atoms with Gasteiger partial charge >= 0.3 is 0 Å². The van der Waals surface area contributed by atoms with Crippen LogP contribution in [0.15, 0.2) is 77.7 Å². The van der Waals surface area contributed by atoms with Gasteiger partial charge in [0.25, 0.3) is 16.8 Å². The van der Waals surface area contributed by atoms with E-state index in [2.05, 4.69) is 0 Å². The van der Waals surface area contributed by atoms with E-state index in [1.54, 1.807) is 60.7 Å².